The largest absolute Gasteiger partial charge is 0.381 e. The van der Waals surface area contributed by atoms with E-state index in [9.17, 15) is 4.79 Å². The van der Waals surface area contributed by atoms with Gasteiger partial charge in [0.2, 0.25) is 0 Å². The number of nitrogens with one attached hydrogen (secondary N) is 1. The molecule has 0 amide bonds. The van der Waals surface area contributed by atoms with Crippen LogP contribution in [-0.4, -0.2) is 23.0 Å². The second-order valence-corrected chi connectivity index (χ2v) is 3.50. The van der Waals surface area contributed by atoms with E-state index in [1.807, 2.05) is 0 Å². The molecule has 0 atom stereocenters. The molecule has 13 heavy (non-hydrogen) atoms. The Hall–Kier alpha value is -1.03. The summed E-state index contributed by atoms with van der Waals surface area (Å²) in [6, 6.07) is 1.69. The Labute approximate surface area is 76.5 Å². The molecule has 1 N–H and O–H groups in total. The first kappa shape index (κ1) is 8.56. The van der Waals surface area contributed by atoms with Crippen LogP contribution in [0.5, 0.6) is 0 Å². The minimum atomic E-state index is 0.0430. The van der Waals surface area contributed by atoms with Gasteiger partial charge in [0.05, 0.1) is 0 Å². The highest BCUT2D eigenvalue weighted by Crippen LogP contribution is 2.23. The Bertz CT molecular complexity index is 334. The molecular formula is C9H14N2O2. The third-order valence-corrected chi connectivity index (χ3v) is 2.57. The van der Waals surface area contributed by atoms with Crippen LogP contribution in [0.15, 0.2) is 10.9 Å². The quantitative estimate of drug-likeness (QED) is 0.691. The lowest BCUT2D eigenvalue weighted by Gasteiger charge is -2.20. The highest BCUT2D eigenvalue weighted by Gasteiger charge is 2.17. The molecular weight excluding hydrogens is 168 g/mol. The van der Waals surface area contributed by atoms with Crippen molar-refractivity contribution in [3.05, 3.63) is 22.1 Å². The third kappa shape index (κ3) is 1.67. The zero-order chi connectivity index (χ0) is 9.26. The van der Waals surface area contributed by atoms with Crippen molar-refractivity contribution >= 4 is 0 Å². The Balaban J connectivity index is 2.19. The molecule has 0 saturated carbocycles. The van der Waals surface area contributed by atoms with Crippen molar-refractivity contribution in [3.63, 3.8) is 0 Å². The fourth-order valence-electron chi connectivity index (χ4n) is 1.73. The van der Waals surface area contributed by atoms with E-state index in [0.717, 1.165) is 31.7 Å². The summed E-state index contributed by atoms with van der Waals surface area (Å²) in [5.74, 6) is 0.475. The highest BCUT2D eigenvalue weighted by molar-refractivity contribution is 5.07. The van der Waals surface area contributed by atoms with E-state index in [4.69, 9.17) is 4.74 Å². The maximum Gasteiger partial charge on any atom is 0.266 e. The summed E-state index contributed by atoms with van der Waals surface area (Å²) in [6.45, 7) is 1.61. The Morgan fingerprint density at radius 1 is 1.54 bits per heavy atom. The monoisotopic (exact) mass is 182 g/mol. The van der Waals surface area contributed by atoms with E-state index in [-0.39, 0.29) is 5.56 Å². The van der Waals surface area contributed by atoms with Gasteiger partial charge in [-0.3, -0.25) is 14.6 Å². The number of nitrogens with zero attached hydrogens (tertiary/aromatic N) is 1. The lowest BCUT2D eigenvalue weighted by atomic mass is 9.97. The first-order valence-corrected chi connectivity index (χ1v) is 4.61. The van der Waals surface area contributed by atoms with E-state index in [1.165, 1.54) is 4.68 Å². The van der Waals surface area contributed by atoms with E-state index in [2.05, 4.69) is 5.10 Å². The van der Waals surface area contributed by atoms with Crippen molar-refractivity contribution in [2.75, 3.05) is 13.2 Å². The summed E-state index contributed by atoms with van der Waals surface area (Å²) in [4.78, 5) is 11.2. The lowest BCUT2D eigenvalue weighted by Crippen LogP contribution is -2.14. The summed E-state index contributed by atoms with van der Waals surface area (Å²) in [5, 5.41) is 3.06. The lowest BCUT2D eigenvalue weighted by molar-refractivity contribution is 0.0844. The molecule has 0 aliphatic carbocycles. The number of H-pyrrole nitrogens is 1. The van der Waals surface area contributed by atoms with Crippen molar-refractivity contribution in [2.24, 2.45) is 7.05 Å². The third-order valence-electron chi connectivity index (χ3n) is 2.57. The molecule has 72 valence electrons. The molecule has 0 unspecified atom stereocenters. The van der Waals surface area contributed by atoms with Gasteiger partial charge in [-0.1, -0.05) is 0 Å². The fraction of sp³-hybridized carbons (Fsp3) is 0.667. The van der Waals surface area contributed by atoms with Gasteiger partial charge >= 0.3 is 0 Å². The molecule has 0 aromatic carbocycles. The van der Waals surface area contributed by atoms with Crippen LogP contribution in [0.25, 0.3) is 0 Å². The number of rotatable bonds is 1. The zero-order valence-electron chi connectivity index (χ0n) is 7.75. The smallest absolute Gasteiger partial charge is 0.266 e. The highest BCUT2D eigenvalue weighted by atomic mass is 16.5. The van der Waals surface area contributed by atoms with Crippen molar-refractivity contribution in [3.8, 4) is 0 Å². The first-order chi connectivity index (χ1) is 6.27. The van der Waals surface area contributed by atoms with Gasteiger partial charge in [0.25, 0.3) is 5.56 Å². The maximum atomic E-state index is 11.2. The normalized spacial score (nSPS) is 19.2. The molecule has 4 heteroatoms. The van der Waals surface area contributed by atoms with Crippen LogP contribution in [0, 0.1) is 0 Å². The Kier molecular flexibility index (Phi) is 2.22. The molecule has 1 aromatic rings. The molecule has 0 spiro atoms. The Morgan fingerprint density at radius 2 is 2.23 bits per heavy atom. The molecule has 1 saturated heterocycles. The minimum Gasteiger partial charge on any atom is -0.381 e. The number of aromatic amines is 1. The molecule has 1 aliphatic heterocycles. The molecule has 1 fully saturated rings. The standard InChI is InChI=1S/C9H14N2O2/c1-11-9(12)6-8(10-11)7-2-4-13-5-3-7/h6-7,10H,2-5H2,1H3. The summed E-state index contributed by atoms with van der Waals surface area (Å²) >= 11 is 0. The molecule has 0 radical (unpaired) electrons. The van der Waals surface area contributed by atoms with Crippen molar-refractivity contribution in [1.82, 2.24) is 9.78 Å². The first-order valence-electron chi connectivity index (χ1n) is 4.61. The number of aromatic nitrogens is 2. The summed E-state index contributed by atoms with van der Waals surface area (Å²) in [5.41, 5.74) is 1.09. The second kappa shape index (κ2) is 3.38. The Morgan fingerprint density at radius 3 is 2.77 bits per heavy atom. The van der Waals surface area contributed by atoms with Gasteiger partial charge in [0, 0.05) is 37.9 Å². The second-order valence-electron chi connectivity index (χ2n) is 3.50. The van der Waals surface area contributed by atoms with Crippen LogP contribution in [0.4, 0.5) is 0 Å². The molecule has 1 aliphatic rings. The predicted molar refractivity (Wildman–Crippen MR) is 48.8 cm³/mol. The fourth-order valence-corrected chi connectivity index (χ4v) is 1.73. The molecule has 0 bridgehead atoms. The predicted octanol–water partition coefficient (Wildman–Crippen LogP) is 0.607. The van der Waals surface area contributed by atoms with E-state index < -0.39 is 0 Å². The summed E-state index contributed by atoms with van der Waals surface area (Å²) in [7, 11) is 1.74. The number of hydrogen-bond donors (Lipinski definition) is 1. The average molecular weight is 182 g/mol. The van der Waals surface area contributed by atoms with Crippen molar-refractivity contribution in [2.45, 2.75) is 18.8 Å². The van der Waals surface area contributed by atoms with Crippen molar-refractivity contribution in [1.29, 1.82) is 0 Å². The molecule has 1 aromatic heterocycles. The molecule has 2 rings (SSSR count). The van der Waals surface area contributed by atoms with Crippen molar-refractivity contribution < 1.29 is 4.74 Å². The van der Waals surface area contributed by atoms with Crippen LogP contribution in [0.1, 0.15) is 24.5 Å². The van der Waals surface area contributed by atoms with Gasteiger partial charge in [0.1, 0.15) is 0 Å². The van der Waals surface area contributed by atoms with E-state index in [0.29, 0.717) is 5.92 Å². The molecule has 4 nitrogen and oxygen atoms in total. The van der Waals surface area contributed by atoms with Crippen LogP contribution in [0.2, 0.25) is 0 Å². The summed E-state index contributed by atoms with van der Waals surface area (Å²) in [6.07, 6.45) is 2.03. The van der Waals surface area contributed by atoms with Gasteiger partial charge in [-0.15, -0.1) is 0 Å². The number of ether oxygens (including phenoxy) is 1. The summed E-state index contributed by atoms with van der Waals surface area (Å²) < 4.78 is 6.78. The van der Waals surface area contributed by atoms with Gasteiger partial charge in [-0.25, -0.2) is 0 Å². The van der Waals surface area contributed by atoms with E-state index >= 15 is 0 Å². The maximum absolute atomic E-state index is 11.2. The SMILES string of the molecule is Cn1[nH]c(C2CCOCC2)cc1=O. The number of hydrogen-bond acceptors (Lipinski definition) is 2. The average Bonchev–Trinajstić information content (AvgIpc) is 2.49. The molecule has 2 heterocycles. The van der Waals surface area contributed by atoms with Crippen LogP contribution in [0.3, 0.4) is 0 Å². The van der Waals surface area contributed by atoms with Gasteiger partial charge in [-0.2, -0.15) is 0 Å². The zero-order valence-corrected chi connectivity index (χ0v) is 7.75. The number of aryl methyl sites for hydroxylation is 1. The van der Waals surface area contributed by atoms with Gasteiger partial charge in [-0.05, 0) is 12.8 Å². The topological polar surface area (TPSA) is 47.0 Å². The van der Waals surface area contributed by atoms with Crippen LogP contribution >= 0.6 is 0 Å². The van der Waals surface area contributed by atoms with E-state index in [1.54, 1.807) is 13.1 Å². The van der Waals surface area contributed by atoms with Gasteiger partial charge < -0.3 is 4.74 Å². The van der Waals surface area contributed by atoms with Crippen LogP contribution in [-0.2, 0) is 11.8 Å². The van der Waals surface area contributed by atoms with Crippen LogP contribution < -0.4 is 5.56 Å². The minimum absolute atomic E-state index is 0.0430. The van der Waals surface area contributed by atoms with Gasteiger partial charge in [0.15, 0.2) is 0 Å².